The fraction of sp³-hybridized carbons (Fsp3) is 0.238. The van der Waals surface area contributed by atoms with E-state index in [-0.39, 0.29) is 12.5 Å². The zero-order chi connectivity index (χ0) is 19.7. The predicted molar refractivity (Wildman–Crippen MR) is 109 cm³/mol. The Morgan fingerprint density at radius 2 is 2.07 bits per heavy atom. The highest BCUT2D eigenvalue weighted by molar-refractivity contribution is 5.96. The van der Waals surface area contributed by atoms with Crippen molar-refractivity contribution in [2.24, 2.45) is 0 Å². The summed E-state index contributed by atoms with van der Waals surface area (Å²) in [5.74, 6) is -0.164. The smallest absolute Gasteiger partial charge is 0.246 e. The normalized spacial score (nSPS) is 11.1. The summed E-state index contributed by atoms with van der Waals surface area (Å²) in [6.07, 6.45) is 5.21. The van der Waals surface area contributed by atoms with Crippen LogP contribution in [0.15, 0.2) is 48.9 Å². The van der Waals surface area contributed by atoms with Gasteiger partial charge in [-0.25, -0.2) is 9.67 Å². The number of rotatable bonds is 5. The summed E-state index contributed by atoms with van der Waals surface area (Å²) in [7, 11) is 0. The van der Waals surface area contributed by atoms with Crippen molar-refractivity contribution in [3.63, 3.8) is 0 Å². The number of aromatic nitrogens is 5. The second-order valence-corrected chi connectivity index (χ2v) is 6.80. The minimum absolute atomic E-state index is 0.0892. The van der Waals surface area contributed by atoms with Gasteiger partial charge in [0.1, 0.15) is 6.54 Å². The maximum absolute atomic E-state index is 12.5. The van der Waals surface area contributed by atoms with E-state index < -0.39 is 0 Å². The van der Waals surface area contributed by atoms with Gasteiger partial charge in [0.15, 0.2) is 5.65 Å². The van der Waals surface area contributed by atoms with Gasteiger partial charge in [0, 0.05) is 24.3 Å². The number of benzene rings is 1. The molecule has 3 heterocycles. The number of amides is 1. The number of pyridine rings is 1. The summed E-state index contributed by atoms with van der Waals surface area (Å²) in [5.41, 5.74) is 5.61. The van der Waals surface area contributed by atoms with Crippen LogP contribution in [0.5, 0.6) is 0 Å². The Bertz CT molecular complexity index is 1160. The van der Waals surface area contributed by atoms with Crippen molar-refractivity contribution in [2.75, 3.05) is 5.32 Å². The molecule has 0 atom stereocenters. The Morgan fingerprint density at radius 3 is 2.82 bits per heavy atom. The highest BCUT2D eigenvalue weighted by atomic mass is 16.2. The Kier molecular flexibility index (Phi) is 4.65. The number of hydrogen-bond acceptors (Lipinski definition) is 4. The highest BCUT2D eigenvalue weighted by Gasteiger charge is 2.16. The molecule has 0 aliphatic heterocycles. The molecule has 1 N–H and O–H groups in total. The minimum atomic E-state index is -0.164. The van der Waals surface area contributed by atoms with Crippen molar-refractivity contribution < 1.29 is 4.79 Å². The van der Waals surface area contributed by atoms with E-state index in [4.69, 9.17) is 0 Å². The molecule has 4 aromatic rings. The first kappa shape index (κ1) is 17.9. The molecule has 142 valence electrons. The zero-order valence-electron chi connectivity index (χ0n) is 16.2. The van der Waals surface area contributed by atoms with Gasteiger partial charge in [-0.05, 0) is 38.0 Å². The molecule has 0 radical (unpaired) electrons. The van der Waals surface area contributed by atoms with Crippen LogP contribution >= 0.6 is 0 Å². The first-order valence-corrected chi connectivity index (χ1v) is 9.26. The number of hydrogen-bond donors (Lipinski definition) is 1. The van der Waals surface area contributed by atoms with E-state index in [9.17, 15) is 4.79 Å². The lowest BCUT2D eigenvalue weighted by molar-refractivity contribution is -0.116. The van der Waals surface area contributed by atoms with E-state index >= 15 is 0 Å². The Hall–Kier alpha value is -3.48. The summed E-state index contributed by atoms with van der Waals surface area (Å²) in [5, 5.41) is 12.6. The van der Waals surface area contributed by atoms with Gasteiger partial charge in [-0.15, -0.1) is 0 Å². The second-order valence-electron chi connectivity index (χ2n) is 6.80. The van der Waals surface area contributed by atoms with Gasteiger partial charge in [0.25, 0.3) is 0 Å². The van der Waals surface area contributed by atoms with Crippen LogP contribution in [0, 0.1) is 13.8 Å². The molecule has 0 fully saturated rings. The topological polar surface area (TPSA) is 77.6 Å². The van der Waals surface area contributed by atoms with E-state index in [1.165, 1.54) is 5.56 Å². The lowest BCUT2D eigenvalue weighted by Crippen LogP contribution is -2.19. The summed E-state index contributed by atoms with van der Waals surface area (Å²) >= 11 is 0. The Morgan fingerprint density at radius 1 is 1.21 bits per heavy atom. The SMILES string of the molecule is CCn1cc(NC(=O)Cn2nc(C)c3c(-c4cccc(C)c4)ccnc32)cn1. The molecule has 0 spiro atoms. The molecule has 0 bridgehead atoms. The first-order valence-electron chi connectivity index (χ1n) is 9.26. The number of carbonyl (C=O) groups is 1. The third-order valence-corrected chi connectivity index (χ3v) is 4.67. The monoisotopic (exact) mass is 374 g/mol. The number of nitrogens with one attached hydrogen (secondary N) is 1. The number of anilines is 1. The average molecular weight is 374 g/mol. The maximum atomic E-state index is 12.5. The fourth-order valence-electron chi connectivity index (χ4n) is 3.38. The Balaban J connectivity index is 1.65. The van der Waals surface area contributed by atoms with Crippen molar-refractivity contribution in [1.29, 1.82) is 0 Å². The van der Waals surface area contributed by atoms with Crippen molar-refractivity contribution >= 4 is 22.6 Å². The minimum Gasteiger partial charge on any atom is -0.322 e. The number of carbonyl (C=O) groups excluding carboxylic acids is 1. The average Bonchev–Trinajstić information content (AvgIpc) is 3.26. The molecule has 7 heteroatoms. The molecule has 0 aliphatic rings. The van der Waals surface area contributed by atoms with Gasteiger partial charge in [0.2, 0.25) is 5.91 Å². The van der Waals surface area contributed by atoms with Crippen molar-refractivity contribution in [3.05, 3.63) is 60.2 Å². The molecular weight excluding hydrogens is 352 g/mol. The zero-order valence-corrected chi connectivity index (χ0v) is 16.2. The first-order chi connectivity index (χ1) is 13.5. The van der Waals surface area contributed by atoms with Crippen molar-refractivity contribution in [3.8, 4) is 11.1 Å². The Labute approximate surface area is 163 Å². The van der Waals surface area contributed by atoms with Crippen molar-refractivity contribution in [1.82, 2.24) is 24.5 Å². The third-order valence-electron chi connectivity index (χ3n) is 4.67. The molecule has 1 aromatic carbocycles. The van der Waals surface area contributed by atoms with E-state index in [0.29, 0.717) is 11.3 Å². The molecule has 0 unspecified atom stereocenters. The quantitative estimate of drug-likeness (QED) is 0.579. The number of fused-ring (bicyclic) bond motifs is 1. The molecule has 28 heavy (non-hydrogen) atoms. The van der Waals surface area contributed by atoms with Crippen LogP contribution in [0.3, 0.4) is 0 Å². The van der Waals surface area contributed by atoms with Crippen LogP contribution in [0.1, 0.15) is 18.2 Å². The maximum Gasteiger partial charge on any atom is 0.246 e. The van der Waals surface area contributed by atoms with Crippen LogP contribution in [0.25, 0.3) is 22.2 Å². The van der Waals surface area contributed by atoms with Crippen molar-refractivity contribution in [2.45, 2.75) is 33.9 Å². The third kappa shape index (κ3) is 3.38. The van der Waals surface area contributed by atoms with Crippen LogP contribution < -0.4 is 5.32 Å². The molecule has 3 aromatic heterocycles. The van der Waals surface area contributed by atoms with Crippen LogP contribution in [0.4, 0.5) is 5.69 Å². The largest absolute Gasteiger partial charge is 0.322 e. The number of nitrogens with zero attached hydrogens (tertiary/aromatic N) is 5. The van der Waals surface area contributed by atoms with Gasteiger partial charge in [0.05, 0.1) is 17.6 Å². The molecule has 0 saturated heterocycles. The van der Waals surface area contributed by atoms with E-state index in [1.54, 1.807) is 28.0 Å². The van der Waals surface area contributed by atoms with Crippen LogP contribution in [0.2, 0.25) is 0 Å². The second kappa shape index (κ2) is 7.26. The van der Waals surface area contributed by atoms with Gasteiger partial charge in [-0.2, -0.15) is 10.2 Å². The van der Waals surface area contributed by atoms with Gasteiger partial charge >= 0.3 is 0 Å². The molecule has 7 nitrogen and oxygen atoms in total. The molecule has 1 amide bonds. The molecule has 0 aliphatic carbocycles. The van der Waals surface area contributed by atoms with E-state index in [1.807, 2.05) is 26.0 Å². The molecule has 0 saturated carbocycles. The standard InChI is InChI=1S/C21H22N6O/c1-4-26-12-17(11-23-26)24-19(28)13-27-21-20(15(3)25-27)18(8-9-22-21)16-7-5-6-14(2)10-16/h5-12H,4,13H2,1-3H3,(H,24,28). The summed E-state index contributed by atoms with van der Waals surface area (Å²) in [6, 6.07) is 10.3. The van der Waals surface area contributed by atoms with Gasteiger partial charge in [-0.3, -0.25) is 9.48 Å². The fourth-order valence-corrected chi connectivity index (χ4v) is 3.38. The summed E-state index contributed by atoms with van der Waals surface area (Å²) < 4.78 is 3.42. The molecular formula is C21H22N6O. The van der Waals surface area contributed by atoms with E-state index in [0.717, 1.165) is 28.8 Å². The lowest BCUT2D eigenvalue weighted by atomic mass is 10.0. The highest BCUT2D eigenvalue weighted by Crippen LogP contribution is 2.30. The van der Waals surface area contributed by atoms with Crippen LogP contribution in [-0.2, 0) is 17.9 Å². The van der Waals surface area contributed by atoms with Gasteiger partial charge < -0.3 is 5.32 Å². The molecule has 4 rings (SSSR count). The summed E-state index contributed by atoms with van der Waals surface area (Å²) in [6.45, 7) is 6.86. The summed E-state index contributed by atoms with van der Waals surface area (Å²) in [4.78, 5) is 17.0. The lowest BCUT2D eigenvalue weighted by Gasteiger charge is -2.06. The van der Waals surface area contributed by atoms with E-state index in [2.05, 4.69) is 45.6 Å². The van der Waals surface area contributed by atoms with Gasteiger partial charge in [-0.1, -0.05) is 29.8 Å². The van der Waals surface area contributed by atoms with Crippen LogP contribution in [-0.4, -0.2) is 30.5 Å². The predicted octanol–water partition coefficient (Wildman–Crippen LogP) is 3.57. The number of aryl methyl sites for hydroxylation is 3.